The minimum atomic E-state index is 0.0323. The first-order valence-corrected chi connectivity index (χ1v) is 6.81. The average Bonchev–Trinajstić information content (AvgIpc) is 2.29. The van der Waals surface area contributed by atoms with Crippen molar-refractivity contribution in [2.75, 3.05) is 13.2 Å². The molecule has 0 saturated carbocycles. The fraction of sp³-hybridized carbons (Fsp3) is 0.462. The number of hydrogen-bond acceptors (Lipinski definition) is 2. The molecule has 17 heavy (non-hydrogen) atoms. The van der Waals surface area contributed by atoms with Crippen molar-refractivity contribution in [2.24, 2.45) is 0 Å². The van der Waals surface area contributed by atoms with Crippen LogP contribution in [0.1, 0.15) is 30.6 Å². The molecule has 0 radical (unpaired) electrons. The van der Waals surface area contributed by atoms with Crippen LogP contribution in [0.15, 0.2) is 24.3 Å². The molecule has 0 saturated heterocycles. The van der Waals surface area contributed by atoms with Crippen LogP contribution in [0, 0.1) is 3.57 Å². The maximum Gasteiger partial charge on any atom is 0.254 e. The van der Waals surface area contributed by atoms with E-state index in [-0.39, 0.29) is 18.6 Å². The van der Waals surface area contributed by atoms with Crippen LogP contribution >= 0.6 is 22.6 Å². The Hall–Kier alpha value is -0.620. The number of amides is 1. The third kappa shape index (κ3) is 4.27. The molecule has 1 rings (SSSR count). The van der Waals surface area contributed by atoms with Gasteiger partial charge in [0.25, 0.3) is 5.91 Å². The zero-order chi connectivity index (χ0) is 12.8. The van der Waals surface area contributed by atoms with E-state index < -0.39 is 0 Å². The Morgan fingerprint density at radius 3 is 2.41 bits per heavy atom. The Balaban J connectivity index is 2.80. The van der Waals surface area contributed by atoms with Crippen molar-refractivity contribution in [3.05, 3.63) is 33.4 Å². The molecule has 94 valence electrons. The van der Waals surface area contributed by atoms with Crippen molar-refractivity contribution in [2.45, 2.75) is 26.3 Å². The standard InChI is InChI=1S/C13H18INO2/c1-10(2)15(8-3-9-16)13(17)11-4-6-12(14)7-5-11/h4-7,10,16H,3,8-9H2,1-2H3. The summed E-state index contributed by atoms with van der Waals surface area (Å²) in [7, 11) is 0. The highest BCUT2D eigenvalue weighted by Gasteiger charge is 2.17. The molecule has 0 bridgehead atoms. The molecule has 1 aromatic rings. The number of halogens is 1. The molecule has 4 heteroatoms. The van der Waals surface area contributed by atoms with E-state index >= 15 is 0 Å². The maximum absolute atomic E-state index is 12.2. The summed E-state index contributed by atoms with van der Waals surface area (Å²) in [6.07, 6.45) is 0.619. The summed E-state index contributed by atoms with van der Waals surface area (Å²) < 4.78 is 1.12. The van der Waals surface area contributed by atoms with Crippen LogP contribution < -0.4 is 0 Å². The van der Waals surface area contributed by atoms with Crippen LogP contribution in [-0.2, 0) is 0 Å². The summed E-state index contributed by atoms with van der Waals surface area (Å²) in [5.74, 6) is 0.0323. The second-order valence-corrected chi connectivity index (χ2v) is 5.42. The first-order chi connectivity index (χ1) is 8.06. The van der Waals surface area contributed by atoms with Gasteiger partial charge in [-0.05, 0) is 67.1 Å². The largest absolute Gasteiger partial charge is 0.396 e. The first kappa shape index (κ1) is 14.4. The van der Waals surface area contributed by atoms with E-state index in [1.807, 2.05) is 38.1 Å². The molecule has 0 aliphatic heterocycles. The van der Waals surface area contributed by atoms with Crippen molar-refractivity contribution >= 4 is 28.5 Å². The Morgan fingerprint density at radius 2 is 1.94 bits per heavy atom. The molecule has 0 heterocycles. The summed E-state index contributed by atoms with van der Waals surface area (Å²) in [5.41, 5.74) is 0.706. The zero-order valence-electron chi connectivity index (χ0n) is 10.2. The number of aliphatic hydroxyl groups excluding tert-OH is 1. The van der Waals surface area contributed by atoms with Gasteiger partial charge in [0.05, 0.1) is 0 Å². The number of nitrogens with zero attached hydrogens (tertiary/aromatic N) is 1. The van der Waals surface area contributed by atoms with Gasteiger partial charge >= 0.3 is 0 Å². The Kier molecular flexibility index (Phi) is 5.91. The summed E-state index contributed by atoms with van der Waals surface area (Å²) in [6.45, 7) is 4.69. The number of rotatable bonds is 5. The minimum Gasteiger partial charge on any atom is -0.396 e. The van der Waals surface area contributed by atoms with Crippen molar-refractivity contribution in [1.29, 1.82) is 0 Å². The van der Waals surface area contributed by atoms with Crippen LogP contribution in [0.3, 0.4) is 0 Å². The molecule has 3 nitrogen and oxygen atoms in total. The van der Waals surface area contributed by atoms with Gasteiger partial charge in [0.15, 0.2) is 0 Å². The summed E-state index contributed by atoms with van der Waals surface area (Å²) in [5, 5.41) is 8.85. The van der Waals surface area contributed by atoms with E-state index in [4.69, 9.17) is 5.11 Å². The summed E-state index contributed by atoms with van der Waals surface area (Å²) >= 11 is 2.22. The van der Waals surface area contributed by atoms with Crippen LogP contribution in [0.2, 0.25) is 0 Å². The fourth-order valence-electron chi connectivity index (χ4n) is 1.59. The van der Waals surface area contributed by atoms with Gasteiger partial charge in [-0.3, -0.25) is 4.79 Å². The van der Waals surface area contributed by atoms with Gasteiger partial charge in [-0.2, -0.15) is 0 Å². The van der Waals surface area contributed by atoms with E-state index in [2.05, 4.69) is 22.6 Å². The SMILES string of the molecule is CC(C)N(CCCO)C(=O)c1ccc(I)cc1. The monoisotopic (exact) mass is 347 g/mol. The third-order valence-corrected chi connectivity index (χ3v) is 3.25. The predicted octanol–water partition coefficient (Wildman–Crippen LogP) is 2.52. The van der Waals surface area contributed by atoms with Gasteiger partial charge in [-0.1, -0.05) is 0 Å². The molecular weight excluding hydrogens is 329 g/mol. The number of benzene rings is 1. The molecule has 0 aromatic heterocycles. The van der Waals surface area contributed by atoms with Crippen LogP contribution in [0.4, 0.5) is 0 Å². The molecule has 1 amide bonds. The van der Waals surface area contributed by atoms with Crippen molar-refractivity contribution in [1.82, 2.24) is 4.90 Å². The molecular formula is C13H18INO2. The highest BCUT2D eigenvalue weighted by atomic mass is 127. The van der Waals surface area contributed by atoms with Gasteiger partial charge in [-0.25, -0.2) is 0 Å². The Bertz CT molecular complexity index is 362. The number of hydrogen-bond donors (Lipinski definition) is 1. The third-order valence-electron chi connectivity index (χ3n) is 2.53. The molecule has 0 aliphatic carbocycles. The van der Waals surface area contributed by atoms with E-state index in [1.54, 1.807) is 4.90 Å². The minimum absolute atomic E-state index is 0.0323. The predicted molar refractivity (Wildman–Crippen MR) is 77.0 cm³/mol. The summed E-state index contributed by atoms with van der Waals surface area (Å²) in [6, 6.07) is 7.70. The Morgan fingerprint density at radius 1 is 1.35 bits per heavy atom. The fourth-order valence-corrected chi connectivity index (χ4v) is 1.95. The summed E-state index contributed by atoms with van der Waals surface area (Å²) in [4.78, 5) is 14.0. The molecule has 1 aromatic carbocycles. The van der Waals surface area contributed by atoms with Gasteiger partial charge in [0, 0.05) is 28.3 Å². The van der Waals surface area contributed by atoms with E-state index in [0.29, 0.717) is 18.5 Å². The topological polar surface area (TPSA) is 40.5 Å². The molecule has 0 fully saturated rings. The van der Waals surface area contributed by atoms with Gasteiger partial charge in [0.1, 0.15) is 0 Å². The second-order valence-electron chi connectivity index (χ2n) is 4.18. The zero-order valence-corrected chi connectivity index (χ0v) is 12.3. The quantitative estimate of drug-likeness (QED) is 0.832. The Labute approximate surface area is 116 Å². The van der Waals surface area contributed by atoms with Crippen LogP contribution in [-0.4, -0.2) is 35.1 Å². The average molecular weight is 347 g/mol. The molecule has 0 spiro atoms. The highest BCUT2D eigenvalue weighted by molar-refractivity contribution is 14.1. The molecule has 1 N–H and O–H groups in total. The molecule has 0 atom stereocenters. The van der Waals surface area contributed by atoms with Crippen molar-refractivity contribution in [3.8, 4) is 0 Å². The lowest BCUT2D eigenvalue weighted by Crippen LogP contribution is -2.38. The first-order valence-electron chi connectivity index (χ1n) is 5.73. The van der Waals surface area contributed by atoms with Gasteiger partial charge in [-0.15, -0.1) is 0 Å². The van der Waals surface area contributed by atoms with E-state index in [1.165, 1.54) is 0 Å². The van der Waals surface area contributed by atoms with Crippen molar-refractivity contribution in [3.63, 3.8) is 0 Å². The van der Waals surface area contributed by atoms with Gasteiger partial charge in [0.2, 0.25) is 0 Å². The number of carbonyl (C=O) groups is 1. The lowest BCUT2D eigenvalue weighted by atomic mass is 10.1. The maximum atomic E-state index is 12.2. The van der Waals surface area contributed by atoms with Gasteiger partial charge < -0.3 is 10.0 Å². The lowest BCUT2D eigenvalue weighted by Gasteiger charge is -2.26. The number of carbonyl (C=O) groups excluding carboxylic acids is 1. The number of aliphatic hydroxyl groups is 1. The second kappa shape index (κ2) is 6.96. The smallest absolute Gasteiger partial charge is 0.254 e. The van der Waals surface area contributed by atoms with Crippen LogP contribution in [0.5, 0.6) is 0 Å². The molecule has 0 unspecified atom stereocenters. The lowest BCUT2D eigenvalue weighted by molar-refractivity contribution is 0.0693. The van der Waals surface area contributed by atoms with E-state index in [9.17, 15) is 4.79 Å². The highest BCUT2D eigenvalue weighted by Crippen LogP contribution is 2.11. The molecule has 0 aliphatic rings. The normalized spacial score (nSPS) is 10.6. The van der Waals surface area contributed by atoms with Crippen molar-refractivity contribution < 1.29 is 9.90 Å². The van der Waals surface area contributed by atoms with E-state index in [0.717, 1.165) is 3.57 Å². The van der Waals surface area contributed by atoms with Crippen LogP contribution in [0.25, 0.3) is 0 Å².